The molecule has 1 aliphatic heterocycles. The number of aromatic hydroxyl groups is 1. The molecule has 1 saturated heterocycles. The van der Waals surface area contributed by atoms with Crippen LogP contribution in [0, 0.1) is 0 Å². The van der Waals surface area contributed by atoms with E-state index < -0.39 is 29.6 Å². The molecule has 13 heteroatoms. The van der Waals surface area contributed by atoms with Crippen LogP contribution in [0.1, 0.15) is 16.1 Å². The van der Waals surface area contributed by atoms with E-state index >= 15 is 0 Å². The number of amides is 1. The van der Waals surface area contributed by atoms with Crippen molar-refractivity contribution in [3.05, 3.63) is 70.5 Å². The van der Waals surface area contributed by atoms with Gasteiger partial charge < -0.3 is 14.6 Å². The van der Waals surface area contributed by atoms with Gasteiger partial charge in [-0.15, -0.1) is 13.2 Å². The summed E-state index contributed by atoms with van der Waals surface area (Å²) in [6, 6.07) is 7.65. The molecule has 1 aromatic carbocycles. The maximum atomic E-state index is 12.8. The topological polar surface area (TPSA) is 111 Å². The van der Waals surface area contributed by atoms with E-state index in [-0.39, 0.29) is 17.9 Å². The zero-order valence-corrected chi connectivity index (χ0v) is 17.7. The number of pyridine rings is 1. The Labute approximate surface area is 190 Å². The van der Waals surface area contributed by atoms with Crippen LogP contribution in [0.15, 0.2) is 53.6 Å². The van der Waals surface area contributed by atoms with Crippen LogP contribution in [0.2, 0.25) is 0 Å². The van der Waals surface area contributed by atoms with Crippen LogP contribution in [0.4, 0.5) is 13.2 Å². The van der Waals surface area contributed by atoms with Crippen molar-refractivity contribution >= 4 is 5.91 Å². The van der Waals surface area contributed by atoms with Gasteiger partial charge in [0.25, 0.3) is 5.91 Å². The fraction of sp³-hybridized carbons (Fsp3) is 0.286. The highest BCUT2D eigenvalue weighted by Gasteiger charge is 2.31. The second-order valence-corrected chi connectivity index (χ2v) is 7.36. The summed E-state index contributed by atoms with van der Waals surface area (Å²) in [6.07, 6.45) is -2.21. The first kappa shape index (κ1) is 23.3. The minimum Gasteiger partial charge on any atom is -0.493 e. The summed E-state index contributed by atoms with van der Waals surface area (Å²) in [5, 5.41) is 12.0. The predicted octanol–water partition coefficient (Wildman–Crippen LogP) is 1.66. The molecule has 2 aromatic heterocycles. The molecule has 3 heterocycles. The summed E-state index contributed by atoms with van der Waals surface area (Å²) in [4.78, 5) is 29.4. The van der Waals surface area contributed by atoms with Crippen LogP contribution in [-0.2, 0) is 11.3 Å². The summed E-state index contributed by atoms with van der Waals surface area (Å²) >= 11 is 0. The largest absolute Gasteiger partial charge is 0.573 e. The first-order chi connectivity index (χ1) is 16.2. The Morgan fingerprint density at radius 3 is 2.56 bits per heavy atom. The molecule has 0 atom stereocenters. The van der Waals surface area contributed by atoms with Crippen molar-refractivity contribution < 1.29 is 32.5 Å². The van der Waals surface area contributed by atoms with E-state index in [0.717, 1.165) is 16.7 Å². The van der Waals surface area contributed by atoms with Crippen molar-refractivity contribution in [1.29, 1.82) is 0 Å². The van der Waals surface area contributed by atoms with Gasteiger partial charge in [0.1, 0.15) is 11.4 Å². The zero-order chi connectivity index (χ0) is 24.3. The smallest absolute Gasteiger partial charge is 0.493 e. The van der Waals surface area contributed by atoms with Crippen LogP contribution < -0.4 is 15.9 Å². The van der Waals surface area contributed by atoms with E-state index in [1.165, 1.54) is 35.2 Å². The number of carbonyl (C=O) groups excluding carboxylic acids is 1. The number of hydrogen-bond acceptors (Lipinski definition) is 7. The minimum absolute atomic E-state index is 0.0228. The number of hydrazine groups is 1. The maximum absolute atomic E-state index is 12.8. The second-order valence-electron chi connectivity index (χ2n) is 7.36. The number of hydrogen-bond donors (Lipinski definition) is 2. The molecule has 1 amide bonds. The highest BCUT2D eigenvalue weighted by atomic mass is 19.4. The van der Waals surface area contributed by atoms with Crippen LogP contribution >= 0.6 is 0 Å². The molecular weight excluding hydrogens is 459 g/mol. The number of imidazole rings is 1. The summed E-state index contributed by atoms with van der Waals surface area (Å²) < 4.78 is 48.2. The Morgan fingerprint density at radius 1 is 1.18 bits per heavy atom. The third kappa shape index (κ3) is 5.55. The Hall–Kier alpha value is -3.84. The zero-order valence-electron chi connectivity index (χ0n) is 17.7. The van der Waals surface area contributed by atoms with Crippen molar-refractivity contribution in [2.24, 2.45) is 0 Å². The number of rotatable bonds is 6. The Morgan fingerprint density at radius 2 is 1.88 bits per heavy atom. The van der Waals surface area contributed by atoms with Crippen molar-refractivity contribution in [2.45, 2.75) is 12.9 Å². The third-order valence-corrected chi connectivity index (χ3v) is 4.95. The van der Waals surface area contributed by atoms with E-state index in [1.54, 1.807) is 11.1 Å². The number of nitrogens with zero attached hydrogens (tertiary/aromatic N) is 4. The molecule has 3 aromatic rings. The lowest BCUT2D eigenvalue weighted by Gasteiger charge is -2.26. The van der Waals surface area contributed by atoms with Gasteiger partial charge in [0, 0.05) is 19.3 Å². The molecule has 1 aliphatic rings. The van der Waals surface area contributed by atoms with Crippen molar-refractivity contribution in [2.75, 3.05) is 26.3 Å². The molecule has 4 rings (SSSR count). The van der Waals surface area contributed by atoms with E-state index in [9.17, 15) is 27.9 Å². The van der Waals surface area contributed by atoms with E-state index in [2.05, 4.69) is 15.1 Å². The summed E-state index contributed by atoms with van der Waals surface area (Å²) in [6.45, 7) is 2.15. The average molecular weight is 479 g/mol. The van der Waals surface area contributed by atoms with E-state index in [0.29, 0.717) is 31.9 Å². The van der Waals surface area contributed by atoms with Gasteiger partial charge in [-0.25, -0.2) is 14.4 Å². The fourth-order valence-electron chi connectivity index (χ4n) is 3.40. The summed E-state index contributed by atoms with van der Waals surface area (Å²) in [5.74, 6) is -1.27. The monoisotopic (exact) mass is 479 g/mol. The summed E-state index contributed by atoms with van der Waals surface area (Å²) in [5.41, 5.74) is 3.00. The number of aromatic nitrogens is 3. The molecule has 34 heavy (non-hydrogen) atoms. The van der Waals surface area contributed by atoms with Crippen molar-refractivity contribution in [3.8, 4) is 17.3 Å². The lowest BCUT2D eigenvalue weighted by Crippen LogP contribution is -2.48. The van der Waals surface area contributed by atoms with E-state index in [4.69, 9.17) is 4.74 Å². The molecule has 0 unspecified atom stereocenters. The van der Waals surface area contributed by atoms with Crippen LogP contribution in [0.25, 0.3) is 5.69 Å². The number of nitrogens with one attached hydrogen (secondary N) is 1. The number of ether oxygens (including phenoxy) is 2. The second kappa shape index (κ2) is 9.57. The predicted molar refractivity (Wildman–Crippen MR) is 112 cm³/mol. The number of morpholine rings is 1. The standard InChI is InChI=1S/C21H20F3N5O5/c22-21(23,24)34-16-3-1-15(2-4-16)29-18(30)13-27(20(29)32)12-14-5-6-25-17(11-14)19(31)26-28-7-9-33-10-8-28/h1-6,11,13,30H,7-10,12H2,(H,26,31). The molecule has 0 aliphatic carbocycles. The number of benzene rings is 1. The SMILES string of the molecule is O=C(NN1CCOCC1)c1cc(Cn2cc(O)n(-c3ccc(OC(F)(F)F)cc3)c2=O)ccn1. The highest BCUT2D eigenvalue weighted by molar-refractivity contribution is 5.92. The first-order valence-electron chi connectivity index (χ1n) is 10.2. The van der Waals surface area contributed by atoms with Gasteiger partial charge in [-0.1, -0.05) is 0 Å². The molecule has 1 fully saturated rings. The minimum atomic E-state index is -4.84. The van der Waals surface area contributed by atoms with Crippen molar-refractivity contribution in [1.82, 2.24) is 24.6 Å². The van der Waals surface area contributed by atoms with Crippen LogP contribution in [0.5, 0.6) is 11.6 Å². The van der Waals surface area contributed by atoms with Gasteiger partial charge in [-0.2, -0.15) is 0 Å². The molecule has 0 saturated carbocycles. The Balaban J connectivity index is 1.50. The van der Waals surface area contributed by atoms with Crippen molar-refractivity contribution in [3.63, 3.8) is 0 Å². The van der Waals surface area contributed by atoms with Crippen LogP contribution in [0.3, 0.4) is 0 Å². The third-order valence-electron chi connectivity index (χ3n) is 4.95. The number of carbonyl (C=O) groups is 1. The highest BCUT2D eigenvalue weighted by Crippen LogP contribution is 2.24. The van der Waals surface area contributed by atoms with Crippen LogP contribution in [-0.4, -0.2) is 62.8 Å². The molecule has 0 spiro atoms. The van der Waals surface area contributed by atoms with Gasteiger partial charge in [0.05, 0.1) is 31.6 Å². The molecule has 0 radical (unpaired) electrons. The molecule has 180 valence electrons. The summed E-state index contributed by atoms with van der Waals surface area (Å²) in [7, 11) is 0. The fourth-order valence-corrected chi connectivity index (χ4v) is 3.40. The molecular formula is C21H20F3N5O5. The maximum Gasteiger partial charge on any atom is 0.573 e. The lowest BCUT2D eigenvalue weighted by atomic mass is 10.2. The normalized spacial score (nSPS) is 14.7. The first-order valence-corrected chi connectivity index (χ1v) is 10.2. The van der Waals surface area contributed by atoms with Gasteiger partial charge in [0.15, 0.2) is 0 Å². The number of alkyl halides is 3. The Kier molecular flexibility index (Phi) is 6.56. The average Bonchev–Trinajstić information content (AvgIpc) is 3.07. The van der Waals surface area contributed by atoms with Gasteiger partial charge in [-0.05, 0) is 42.0 Å². The van der Waals surface area contributed by atoms with E-state index in [1.807, 2.05) is 0 Å². The molecule has 0 bridgehead atoms. The lowest BCUT2D eigenvalue weighted by molar-refractivity contribution is -0.274. The van der Waals surface area contributed by atoms with Gasteiger partial charge in [-0.3, -0.25) is 19.8 Å². The van der Waals surface area contributed by atoms with Gasteiger partial charge in [0.2, 0.25) is 5.88 Å². The molecule has 2 N–H and O–H groups in total. The number of halogens is 3. The Bertz CT molecular complexity index is 1220. The molecule has 10 nitrogen and oxygen atoms in total. The van der Waals surface area contributed by atoms with Gasteiger partial charge >= 0.3 is 12.1 Å². The quantitative estimate of drug-likeness (QED) is 0.553.